The minimum atomic E-state index is -0.933. The van der Waals surface area contributed by atoms with Gasteiger partial charge >= 0.3 is 12.0 Å². The lowest BCUT2D eigenvalue weighted by molar-refractivity contribution is -0.136. The van der Waals surface area contributed by atoms with E-state index in [4.69, 9.17) is 5.11 Å². The third-order valence-corrected chi connectivity index (χ3v) is 2.24. The van der Waals surface area contributed by atoms with Crippen LogP contribution in [0.25, 0.3) is 0 Å². The number of amides is 2. The molecule has 1 rings (SSSR count). The van der Waals surface area contributed by atoms with Crippen molar-refractivity contribution in [2.24, 2.45) is 0 Å². The normalized spacial score (nSPS) is 9.71. The van der Waals surface area contributed by atoms with Gasteiger partial charge in [0, 0.05) is 12.2 Å². The van der Waals surface area contributed by atoms with Crippen molar-refractivity contribution in [3.8, 4) is 0 Å². The first-order valence-electron chi connectivity index (χ1n) is 5.47. The van der Waals surface area contributed by atoms with E-state index < -0.39 is 12.0 Å². The third kappa shape index (κ3) is 5.01. The summed E-state index contributed by atoms with van der Waals surface area (Å²) in [4.78, 5) is 21.6. The minimum Gasteiger partial charge on any atom is -0.481 e. The molecule has 0 aliphatic heterocycles. The van der Waals surface area contributed by atoms with E-state index in [-0.39, 0.29) is 13.0 Å². The van der Waals surface area contributed by atoms with Gasteiger partial charge in [0.05, 0.1) is 6.42 Å². The number of hydrogen-bond acceptors (Lipinski definition) is 2. The molecule has 17 heavy (non-hydrogen) atoms. The minimum absolute atomic E-state index is 0.0812. The summed E-state index contributed by atoms with van der Waals surface area (Å²) in [6, 6.07) is 7.11. The lowest BCUT2D eigenvalue weighted by Gasteiger charge is -2.07. The molecule has 0 spiro atoms. The zero-order chi connectivity index (χ0) is 12.7. The summed E-state index contributed by atoms with van der Waals surface area (Å²) in [6.45, 7) is 2.18. The number of urea groups is 1. The van der Waals surface area contributed by atoms with Gasteiger partial charge in [-0.2, -0.15) is 0 Å². The van der Waals surface area contributed by atoms with Gasteiger partial charge in [-0.25, -0.2) is 4.79 Å². The molecule has 1 aromatic carbocycles. The molecule has 0 unspecified atom stereocenters. The van der Waals surface area contributed by atoms with Gasteiger partial charge in [0.15, 0.2) is 0 Å². The molecule has 0 heterocycles. The first-order valence-corrected chi connectivity index (χ1v) is 5.47. The number of aliphatic carboxylic acids is 1. The Labute approximate surface area is 99.8 Å². The van der Waals surface area contributed by atoms with Crippen molar-refractivity contribution in [1.82, 2.24) is 5.32 Å². The van der Waals surface area contributed by atoms with Gasteiger partial charge in [-0.05, 0) is 24.1 Å². The number of aryl methyl sites for hydroxylation is 1. The van der Waals surface area contributed by atoms with Crippen LogP contribution < -0.4 is 10.6 Å². The first-order chi connectivity index (χ1) is 8.11. The summed E-state index contributed by atoms with van der Waals surface area (Å²) in [5.74, 6) is -0.933. The van der Waals surface area contributed by atoms with Crippen LogP contribution in [0.15, 0.2) is 24.3 Å². The lowest BCUT2D eigenvalue weighted by atomic mass is 10.1. The number of benzene rings is 1. The van der Waals surface area contributed by atoms with Gasteiger partial charge in [-0.1, -0.05) is 19.1 Å². The van der Waals surface area contributed by atoms with Crippen molar-refractivity contribution in [3.05, 3.63) is 29.8 Å². The molecule has 3 N–H and O–H groups in total. The summed E-state index contributed by atoms with van der Waals surface area (Å²) >= 11 is 0. The molecule has 0 radical (unpaired) electrons. The number of carbonyl (C=O) groups excluding carboxylic acids is 1. The van der Waals surface area contributed by atoms with Crippen LogP contribution in [0.4, 0.5) is 10.5 Å². The topological polar surface area (TPSA) is 78.4 Å². The van der Waals surface area contributed by atoms with E-state index in [1.54, 1.807) is 0 Å². The Morgan fingerprint density at radius 1 is 1.24 bits per heavy atom. The second-order valence-electron chi connectivity index (χ2n) is 3.58. The molecule has 5 heteroatoms. The Hall–Kier alpha value is -2.04. The lowest BCUT2D eigenvalue weighted by Crippen LogP contribution is -2.30. The van der Waals surface area contributed by atoms with Crippen LogP contribution in [0.3, 0.4) is 0 Å². The third-order valence-electron chi connectivity index (χ3n) is 2.24. The quantitative estimate of drug-likeness (QED) is 0.730. The molecule has 2 amide bonds. The Kier molecular flexibility index (Phi) is 5.00. The highest BCUT2D eigenvalue weighted by Crippen LogP contribution is 2.09. The number of carboxylic acids is 1. The average molecular weight is 236 g/mol. The first kappa shape index (κ1) is 13.0. The summed E-state index contributed by atoms with van der Waals surface area (Å²) in [6.07, 6.45) is 0.868. The summed E-state index contributed by atoms with van der Waals surface area (Å²) in [7, 11) is 0. The van der Waals surface area contributed by atoms with E-state index in [2.05, 4.69) is 17.6 Å². The van der Waals surface area contributed by atoms with Gasteiger partial charge in [0.1, 0.15) is 0 Å². The molecule has 92 valence electrons. The highest BCUT2D eigenvalue weighted by Gasteiger charge is 2.02. The van der Waals surface area contributed by atoms with Crippen molar-refractivity contribution in [2.75, 3.05) is 11.9 Å². The van der Waals surface area contributed by atoms with E-state index in [1.165, 1.54) is 5.56 Å². The average Bonchev–Trinajstić information content (AvgIpc) is 2.29. The van der Waals surface area contributed by atoms with E-state index >= 15 is 0 Å². The Balaban J connectivity index is 2.37. The van der Waals surface area contributed by atoms with Crippen LogP contribution >= 0.6 is 0 Å². The maximum atomic E-state index is 11.3. The zero-order valence-corrected chi connectivity index (χ0v) is 9.69. The molecule has 5 nitrogen and oxygen atoms in total. The Morgan fingerprint density at radius 3 is 2.41 bits per heavy atom. The van der Waals surface area contributed by atoms with E-state index in [9.17, 15) is 9.59 Å². The molecule has 0 atom stereocenters. The second-order valence-corrected chi connectivity index (χ2v) is 3.58. The number of carboxylic acid groups (broad SMARTS) is 1. The summed E-state index contributed by atoms with van der Waals surface area (Å²) in [5, 5.41) is 13.5. The largest absolute Gasteiger partial charge is 0.481 e. The van der Waals surface area contributed by atoms with Gasteiger partial charge in [-0.15, -0.1) is 0 Å². The van der Waals surface area contributed by atoms with Crippen LogP contribution in [0, 0.1) is 0 Å². The van der Waals surface area contributed by atoms with Crippen molar-refractivity contribution in [1.29, 1.82) is 0 Å². The smallest absolute Gasteiger partial charge is 0.319 e. The predicted octanol–water partition coefficient (Wildman–Crippen LogP) is 1.85. The van der Waals surface area contributed by atoms with Gasteiger partial charge in [0.2, 0.25) is 0 Å². The fourth-order valence-electron chi connectivity index (χ4n) is 1.28. The molecule has 0 bridgehead atoms. The fraction of sp³-hybridized carbons (Fsp3) is 0.333. The van der Waals surface area contributed by atoms with Crippen molar-refractivity contribution < 1.29 is 14.7 Å². The fourth-order valence-corrected chi connectivity index (χ4v) is 1.28. The predicted molar refractivity (Wildman–Crippen MR) is 65.1 cm³/mol. The molecule has 0 aliphatic rings. The zero-order valence-electron chi connectivity index (χ0n) is 9.69. The summed E-state index contributed by atoms with van der Waals surface area (Å²) < 4.78 is 0. The number of nitrogens with one attached hydrogen (secondary N) is 2. The maximum Gasteiger partial charge on any atom is 0.319 e. The maximum absolute atomic E-state index is 11.3. The molecule has 0 fully saturated rings. The van der Waals surface area contributed by atoms with Gasteiger partial charge < -0.3 is 15.7 Å². The number of hydrogen-bond donors (Lipinski definition) is 3. The van der Waals surface area contributed by atoms with E-state index in [0.29, 0.717) is 5.69 Å². The van der Waals surface area contributed by atoms with Crippen molar-refractivity contribution in [3.63, 3.8) is 0 Å². The van der Waals surface area contributed by atoms with Crippen molar-refractivity contribution in [2.45, 2.75) is 19.8 Å². The van der Waals surface area contributed by atoms with Crippen LogP contribution in [-0.2, 0) is 11.2 Å². The standard InChI is InChI=1S/C12H16N2O3/c1-2-9-3-5-10(6-4-9)14-12(17)13-8-7-11(15)16/h3-6H,2,7-8H2,1H3,(H,15,16)(H2,13,14,17). The van der Waals surface area contributed by atoms with Gasteiger partial charge in [0.25, 0.3) is 0 Å². The molecule has 0 saturated heterocycles. The van der Waals surface area contributed by atoms with E-state index in [1.807, 2.05) is 24.3 Å². The number of rotatable bonds is 5. The van der Waals surface area contributed by atoms with Crippen LogP contribution in [0.2, 0.25) is 0 Å². The molecule has 0 aromatic heterocycles. The molecule has 1 aromatic rings. The number of anilines is 1. The molecule has 0 aliphatic carbocycles. The molecular formula is C12H16N2O3. The molecule has 0 saturated carbocycles. The summed E-state index contributed by atoms with van der Waals surface area (Å²) in [5.41, 5.74) is 1.89. The molecular weight excluding hydrogens is 220 g/mol. The van der Waals surface area contributed by atoms with Crippen molar-refractivity contribution >= 4 is 17.7 Å². The van der Waals surface area contributed by atoms with E-state index in [0.717, 1.165) is 6.42 Å². The SMILES string of the molecule is CCc1ccc(NC(=O)NCCC(=O)O)cc1. The van der Waals surface area contributed by atoms with Gasteiger partial charge in [-0.3, -0.25) is 4.79 Å². The Bertz CT molecular complexity index is 387. The highest BCUT2D eigenvalue weighted by molar-refractivity contribution is 5.89. The van der Waals surface area contributed by atoms with Crippen LogP contribution in [-0.4, -0.2) is 23.7 Å². The highest BCUT2D eigenvalue weighted by atomic mass is 16.4. The monoisotopic (exact) mass is 236 g/mol. The van der Waals surface area contributed by atoms with Crippen LogP contribution in [0.5, 0.6) is 0 Å². The number of carbonyl (C=O) groups is 2. The Morgan fingerprint density at radius 2 is 1.88 bits per heavy atom. The van der Waals surface area contributed by atoms with Crippen LogP contribution in [0.1, 0.15) is 18.9 Å². The second kappa shape index (κ2) is 6.52.